The van der Waals surface area contributed by atoms with Gasteiger partial charge in [-0.3, -0.25) is 0 Å². The molecular formula is C13H16ClFN2O3. The predicted octanol–water partition coefficient (Wildman–Crippen LogP) is 2.53. The fraction of sp³-hybridized carbons (Fsp3) is 0.385. The molecule has 110 valence electrons. The Morgan fingerprint density at radius 2 is 2.15 bits per heavy atom. The Morgan fingerprint density at radius 1 is 1.45 bits per heavy atom. The molecular weight excluding hydrogens is 287 g/mol. The minimum atomic E-state index is -1.08. The number of amides is 2. The minimum Gasteiger partial charge on any atom is -0.480 e. The summed E-state index contributed by atoms with van der Waals surface area (Å²) < 4.78 is 12.8. The smallest absolute Gasteiger partial charge is 0.326 e. The fourth-order valence-corrected chi connectivity index (χ4v) is 1.83. The second-order valence-corrected chi connectivity index (χ2v) is 4.65. The monoisotopic (exact) mass is 302 g/mol. The molecule has 0 aliphatic carbocycles. The molecule has 1 unspecified atom stereocenters. The van der Waals surface area contributed by atoms with Crippen LogP contribution in [-0.4, -0.2) is 23.1 Å². The first-order valence-corrected chi connectivity index (χ1v) is 6.53. The second kappa shape index (κ2) is 7.69. The van der Waals surface area contributed by atoms with Gasteiger partial charge in [-0.25, -0.2) is 14.0 Å². The maximum atomic E-state index is 12.8. The van der Waals surface area contributed by atoms with E-state index in [9.17, 15) is 14.0 Å². The van der Waals surface area contributed by atoms with Crippen LogP contribution in [0, 0.1) is 5.82 Å². The van der Waals surface area contributed by atoms with E-state index in [2.05, 4.69) is 10.6 Å². The Labute approximate surface area is 121 Å². The first kappa shape index (κ1) is 16.2. The van der Waals surface area contributed by atoms with E-state index in [1.165, 1.54) is 12.1 Å². The number of urea groups is 1. The van der Waals surface area contributed by atoms with Gasteiger partial charge in [0.25, 0.3) is 0 Å². The predicted molar refractivity (Wildman–Crippen MR) is 73.1 cm³/mol. The lowest BCUT2D eigenvalue weighted by atomic mass is 10.2. The van der Waals surface area contributed by atoms with Gasteiger partial charge in [-0.05, 0) is 24.1 Å². The van der Waals surface area contributed by atoms with Crippen LogP contribution in [0.25, 0.3) is 0 Å². The molecule has 0 heterocycles. The van der Waals surface area contributed by atoms with Crippen molar-refractivity contribution in [1.82, 2.24) is 10.6 Å². The highest BCUT2D eigenvalue weighted by atomic mass is 35.5. The molecule has 0 fully saturated rings. The van der Waals surface area contributed by atoms with E-state index in [-0.39, 0.29) is 11.6 Å². The number of halogens is 2. The molecule has 1 aromatic carbocycles. The maximum absolute atomic E-state index is 12.8. The summed E-state index contributed by atoms with van der Waals surface area (Å²) in [7, 11) is 0. The van der Waals surface area contributed by atoms with Crippen molar-refractivity contribution in [3.05, 3.63) is 34.6 Å². The number of carboxylic acid groups (broad SMARTS) is 1. The number of benzene rings is 1. The molecule has 2 amide bonds. The molecule has 0 saturated heterocycles. The van der Waals surface area contributed by atoms with Crippen LogP contribution in [0.1, 0.15) is 25.3 Å². The summed E-state index contributed by atoms with van der Waals surface area (Å²) in [6.07, 6.45) is 0.987. The molecule has 0 spiro atoms. The van der Waals surface area contributed by atoms with E-state index >= 15 is 0 Å². The van der Waals surface area contributed by atoms with Gasteiger partial charge < -0.3 is 15.7 Å². The molecule has 0 aliphatic heterocycles. The van der Waals surface area contributed by atoms with Crippen molar-refractivity contribution in [2.45, 2.75) is 32.4 Å². The largest absolute Gasteiger partial charge is 0.480 e. The van der Waals surface area contributed by atoms with Gasteiger partial charge in [0, 0.05) is 11.6 Å². The Balaban J connectivity index is 2.52. The average molecular weight is 303 g/mol. The van der Waals surface area contributed by atoms with Gasteiger partial charge in [0.15, 0.2) is 0 Å². The van der Waals surface area contributed by atoms with Crippen LogP contribution in [0.15, 0.2) is 18.2 Å². The normalized spacial score (nSPS) is 11.8. The Hall–Kier alpha value is -1.82. The topological polar surface area (TPSA) is 78.4 Å². The molecule has 7 heteroatoms. The van der Waals surface area contributed by atoms with Crippen LogP contribution in [0.2, 0.25) is 5.02 Å². The molecule has 0 bridgehead atoms. The van der Waals surface area contributed by atoms with Gasteiger partial charge >= 0.3 is 12.0 Å². The highest BCUT2D eigenvalue weighted by Gasteiger charge is 2.18. The molecule has 0 saturated carbocycles. The summed E-state index contributed by atoms with van der Waals surface area (Å²) >= 11 is 5.81. The van der Waals surface area contributed by atoms with Crippen molar-refractivity contribution in [2.24, 2.45) is 0 Å². The van der Waals surface area contributed by atoms with Gasteiger partial charge in [-0.2, -0.15) is 0 Å². The number of carbonyl (C=O) groups is 2. The van der Waals surface area contributed by atoms with Gasteiger partial charge in [-0.1, -0.05) is 31.0 Å². The summed E-state index contributed by atoms with van der Waals surface area (Å²) in [5.41, 5.74) is 0.547. The van der Waals surface area contributed by atoms with Crippen LogP contribution < -0.4 is 10.6 Å². The van der Waals surface area contributed by atoms with Gasteiger partial charge in [-0.15, -0.1) is 0 Å². The van der Waals surface area contributed by atoms with Crippen molar-refractivity contribution in [3.63, 3.8) is 0 Å². The lowest BCUT2D eigenvalue weighted by Gasteiger charge is -2.14. The van der Waals surface area contributed by atoms with Crippen molar-refractivity contribution >= 4 is 23.6 Å². The third-order valence-corrected chi connectivity index (χ3v) is 2.99. The Bertz CT molecular complexity index is 497. The molecule has 1 aromatic rings. The molecule has 0 aliphatic rings. The van der Waals surface area contributed by atoms with Crippen LogP contribution in [0.4, 0.5) is 9.18 Å². The Morgan fingerprint density at radius 3 is 2.70 bits per heavy atom. The number of hydrogen-bond donors (Lipinski definition) is 3. The van der Waals surface area contributed by atoms with Crippen LogP contribution in [0.5, 0.6) is 0 Å². The first-order chi connectivity index (χ1) is 9.43. The molecule has 1 atom stereocenters. The van der Waals surface area contributed by atoms with Gasteiger partial charge in [0.2, 0.25) is 0 Å². The van der Waals surface area contributed by atoms with Crippen LogP contribution in [0.3, 0.4) is 0 Å². The fourth-order valence-electron chi connectivity index (χ4n) is 1.60. The quantitative estimate of drug-likeness (QED) is 0.755. The third-order valence-electron chi connectivity index (χ3n) is 2.64. The molecule has 0 radical (unpaired) electrons. The Kier molecular flexibility index (Phi) is 6.24. The van der Waals surface area contributed by atoms with E-state index in [0.29, 0.717) is 18.4 Å². The number of hydrogen-bond acceptors (Lipinski definition) is 2. The van der Waals surface area contributed by atoms with Gasteiger partial charge in [0.1, 0.15) is 11.9 Å². The van der Waals surface area contributed by atoms with E-state index in [0.717, 1.165) is 6.07 Å². The summed E-state index contributed by atoms with van der Waals surface area (Å²) in [5, 5.41) is 13.9. The third kappa shape index (κ3) is 5.05. The molecule has 0 aromatic heterocycles. The van der Waals surface area contributed by atoms with Crippen LogP contribution >= 0.6 is 11.6 Å². The number of aliphatic carboxylic acids is 1. The van der Waals surface area contributed by atoms with Gasteiger partial charge in [0.05, 0.1) is 0 Å². The number of carboxylic acids is 1. The van der Waals surface area contributed by atoms with Crippen molar-refractivity contribution in [1.29, 1.82) is 0 Å². The van der Waals surface area contributed by atoms with E-state index < -0.39 is 23.9 Å². The first-order valence-electron chi connectivity index (χ1n) is 6.15. The average Bonchev–Trinajstić information content (AvgIpc) is 2.37. The second-order valence-electron chi connectivity index (χ2n) is 4.24. The highest BCUT2D eigenvalue weighted by molar-refractivity contribution is 6.31. The summed E-state index contributed by atoms with van der Waals surface area (Å²) in [4.78, 5) is 22.5. The van der Waals surface area contributed by atoms with E-state index in [1.807, 2.05) is 6.92 Å². The van der Waals surface area contributed by atoms with Crippen molar-refractivity contribution < 1.29 is 19.1 Å². The maximum Gasteiger partial charge on any atom is 0.326 e. The summed E-state index contributed by atoms with van der Waals surface area (Å²) in [5.74, 6) is -1.54. The SMILES string of the molecule is CCCC(NC(=O)NCc1ccc(F)cc1Cl)C(=O)O. The summed E-state index contributed by atoms with van der Waals surface area (Å²) in [6, 6.07) is 2.31. The zero-order chi connectivity index (χ0) is 15.1. The van der Waals surface area contributed by atoms with Crippen molar-refractivity contribution in [3.8, 4) is 0 Å². The highest BCUT2D eigenvalue weighted by Crippen LogP contribution is 2.16. The minimum absolute atomic E-state index is 0.0867. The molecule has 20 heavy (non-hydrogen) atoms. The standard InChI is InChI=1S/C13H16ClFN2O3/c1-2-3-11(12(18)19)17-13(20)16-7-8-4-5-9(15)6-10(8)14/h4-6,11H,2-3,7H2,1H3,(H,18,19)(H2,16,17,20). The lowest BCUT2D eigenvalue weighted by Crippen LogP contribution is -2.45. The van der Waals surface area contributed by atoms with E-state index in [1.54, 1.807) is 0 Å². The van der Waals surface area contributed by atoms with Crippen molar-refractivity contribution in [2.75, 3.05) is 0 Å². The number of nitrogens with one attached hydrogen (secondary N) is 2. The molecule has 5 nitrogen and oxygen atoms in total. The zero-order valence-corrected chi connectivity index (χ0v) is 11.7. The summed E-state index contributed by atoms with van der Waals surface area (Å²) in [6.45, 7) is 1.91. The number of rotatable bonds is 6. The molecule has 3 N–H and O–H groups in total. The van der Waals surface area contributed by atoms with Crippen LogP contribution in [-0.2, 0) is 11.3 Å². The molecule has 1 rings (SSSR count). The van der Waals surface area contributed by atoms with E-state index in [4.69, 9.17) is 16.7 Å². The number of carbonyl (C=O) groups excluding carboxylic acids is 1. The lowest BCUT2D eigenvalue weighted by molar-refractivity contribution is -0.139. The zero-order valence-electron chi connectivity index (χ0n) is 11.0.